The Labute approximate surface area is 125 Å². The zero-order valence-corrected chi connectivity index (χ0v) is 12.6. The molecule has 0 aliphatic heterocycles. The average Bonchev–Trinajstić information content (AvgIpc) is 2.51. The lowest BCUT2D eigenvalue weighted by molar-refractivity contribution is 0.102. The minimum atomic E-state index is -0.222. The van der Waals surface area contributed by atoms with Crippen LogP contribution in [-0.4, -0.2) is 29.0 Å². The van der Waals surface area contributed by atoms with Gasteiger partial charge in [-0.25, -0.2) is 9.97 Å². The maximum Gasteiger partial charge on any atom is 0.274 e. The lowest BCUT2D eigenvalue weighted by Crippen LogP contribution is -2.25. The van der Waals surface area contributed by atoms with Crippen LogP contribution in [0.5, 0.6) is 0 Å². The van der Waals surface area contributed by atoms with Crippen molar-refractivity contribution < 1.29 is 4.79 Å². The monoisotopic (exact) mass is 284 g/mol. The molecule has 1 N–H and O–H groups in total. The summed E-state index contributed by atoms with van der Waals surface area (Å²) in [5, 5.41) is 2.88. The third-order valence-electron chi connectivity index (χ3n) is 3.32. The smallest absolute Gasteiger partial charge is 0.274 e. The van der Waals surface area contributed by atoms with Gasteiger partial charge in [-0.2, -0.15) is 0 Å². The quantitative estimate of drug-likeness (QED) is 0.917. The Morgan fingerprint density at radius 1 is 1.19 bits per heavy atom. The molecule has 1 amide bonds. The van der Waals surface area contributed by atoms with Gasteiger partial charge in [0.1, 0.15) is 5.69 Å². The summed E-state index contributed by atoms with van der Waals surface area (Å²) in [5.74, 6) is 0.359. The van der Waals surface area contributed by atoms with Gasteiger partial charge in [-0.15, -0.1) is 0 Å². The molecule has 0 atom stereocenters. The number of para-hydroxylation sites is 1. The zero-order valence-electron chi connectivity index (χ0n) is 12.6. The fraction of sp³-hybridized carbons (Fsp3) is 0.312. The number of nitrogens with zero attached hydrogens (tertiary/aromatic N) is 3. The van der Waals surface area contributed by atoms with Gasteiger partial charge in [0.15, 0.2) is 0 Å². The van der Waals surface area contributed by atoms with E-state index in [1.54, 1.807) is 12.3 Å². The Kier molecular flexibility index (Phi) is 4.87. The van der Waals surface area contributed by atoms with Crippen LogP contribution in [0, 0.1) is 6.92 Å². The number of amides is 1. The van der Waals surface area contributed by atoms with Crippen molar-refractivity contribution in [2.24, 2.45) is 0 Å². The van der Waals surface area contributed by atoms with Crippen LogP contribution in [0.3, 0.4) is 0 Å². The minimum Gasteiger partial charge on any atom is -0.341 e. The highest BCUT2D eigenvalue weighted by atomic mass is 16.1. The molecule has 0 unspecified atom stereocenters. The lowest BCUT2D eigenvalue weighted by atomic mass is 10.2. The molecule has 5 heteroatoms. The van der Waals surface area contributed by atoms with E-state index in [4.69, 9.17) is 0 Å². The van der Waals surface area contributed by atoms with E-state index >= 15 is 0 Å². The molecule has 0 saturated heterocycles. The normalized spacial score (nSPS) is 10.2. The number of benzene rings is 1. The second kappa shape index (κ2) is 6.83. The first-order valence-electron chi connectivity index (χ1n) is 7.10. The maximum absolute atomic E-state index is 12.3. The van der Waals surface area contributed by atoms with Gasteiger partial charge >= 0.3 is 0 Å². The first-order valence-corrected chi connectivity index (χ1v) is 7.10. The van der Waals surface area contributed by atoms with Gasteiger partial charge in [0, 0.05) is 25.0 Å². The van der Waals surface area contributed by atoms with Gasteiger partial charge in [0.05, 0.1) is 0 Å². The Balaban J connectivity index is 2.20. The number of aromatic nitrogens is 2. The van der Waals surface area contributed by atoms with Crippen molar-refractivity contribution in [3.63, 3.8) is 0 Å². The number of hydrogen-bond acceptors (Lipinski definition) is 4. The number of carbonyl (C=O) groups excluding carboxylic acids is 1. The predicted molar refractivity (Wildman–Crippen MR) is 84.7 cm³/mol. The predicted octanol–water partition coefficient (Wildman–Crippen LogP) is 2.88. The molecule has 1 aromatic heterocycles. The SMILES string of the molecule is CCN(CC)c1nccc(C(=O)Nc2ccccc2C)n1. The largest absolute Gasteiger partial charge is 0.341 e. The van der Waals surface area contributed by atoms with Crippen molar-refractivity contribution in [2.75, 3.05) is 23.3 Å². The zero-order chi connectivity index (χ0) is 15.2. The fourth-order valence-corrected chi connectivity index (χ4v) is 2.03. The van der Waals surface area contributed by atoms with E-state index in [2.05, 4.69) is 15.3 Å². The molecule has 0 saturated carbocycles. The molecule has 0 radical (unpaired) electrons. The van der Waals surface area contributed by atoms with Gasteiger partial charge in [-0.1, -0.05) is 18.2 Å². The van der Waals surface area contributed by atoms with Crippen molar-refractivity contribution in [2.45, 2.75) is 20.8 Å². The Morgan fingerprint density at radius 3 is 2.57 bits per heavy atom. The van der Waals surface area contributed by atoms with Crippen molar-refractivity contribution in [1.29, 1.82) is 0 Å². The molecular formula is C16H20N4O. The van der Waals surface area contributed by atoms with Crippen molar-refractivity contribution >= 4 is 17.5 Å². The second-order valence-corrected chi connectivity index (χ2v) is 4.68. The second-order valence-electron chi connectivity index (χ2n) is 4.68. The third kappa shape index (κ3) is 3.56. The maximum atomic E-state index is 12.3. The van der Waals surface area contributed by atoms with Crippen LogP contribution >= 0.6 is 0 Å². The number of anilines is 2. The molecule has 5 nitrogen and oxygen atoms in total. The average molecular weight is 284 g/mol. The molecule has 1 heterocycles. The molecule has 0 aliphatic carbocycles. The first-order chi connectivity index (χ1) is 10.2. The van der Waals surface area contributed by atoms with E-state index in [1.165, 1.54) is 0 Å². The number of rotatable bonds is 5. The minimum absolute atomic E-state index is 0.222. The van der Waals surface area contributed by atoms with Gasteiger partial charge in [-0.3, -0.25) is 4.79 Å². The Hall–Kier alpha value is -2.43. The number of carbonyl (C=O) groups is 1. The van der Waals surface area contributed by atoms with E-state index < -0.39 is 0 Å². The summed E-state index contributed by atoms with van der Waals surface area (Å²) in [6, 6.07) is 9.29. The molecule has 0 aliphatic rings. The number of nitrogens with one attached hydrogen (secondary N) is 1. The summed E-state index contributed by atoms with van der Waals surface area (Å²) < 4.78 is 0. The molecule has 2 rings (SSSR count). The molecular weight excluding hydrogens is 264 g/mol. The van der Waals surface area contributed by atoms with Crippen molar-refractivity contribution in [3.05, 3.63) is 47.8 Å². The van der Waals surface area contributed by atoms with Crippen LogP contribution < -0.4 is 10.2 Å². The lowest BCUT2D eigenvalue weighted by Gasteiger charge is -2.18. The molecule has 0 fully saturated rings. The van der Waals surface area contributed by atoms with Gasteiger partial charge < -0.3 is 10.2 Å². The van der Waals surface area contributed by atoms with E-state index in [0.29, 0.717) is 11.6 Å². The highest BCUT2D eigenvalue weighted by Gasteiger charge is 2.12. The number of aryl methyl sites for hydroxylation is 1. The van der Waals surface area contributed by atoms with E-state index in [1.807, 2.05) is 49.9 Å². The fourth-order valence-electron chi connectivity index (χ4n) is 2.03. The molecule has 21 heavy (non-hydrogen) atoms. The summed E-state index contributed by atoms with van der Waals surface area (Å²) >= 11 is 0. The summed E-state index contributed by atoms with van der Waals surface area (Å²) in [7, 11) is 0. The van der Waals surface area contributed by atoms with Crippen molar-refractivity contribution in [3.8, 4) is 0 Å². The molecule has 1 aromatic carbocycles. The summed E-state index contributed by atoms with van der Waals surface area (Å²) in [4.78, 5) is 22.9. The third-order valence-corrected chi connectivity index (χ3v) is 3.32. The van der Waals surface area contributed by atoms with Gasteiger partial charge in [0.25, 0.3) is 5.91 Å². The summed E-state index contributed by atoms with van der Waals surface area (Å²) in [6.45, 7) is 7.63. The van der Waals surface area contributed by atoms with Crippen LogP contribution in [0.15, 0.2) is 36.5 Å². The first kappa shape index (κ1) is 15.0. The molecule has 2 aromatic rings. The Morgan fingerprint density at radius 2 is 1.90 bits per heavy atom. The van der Waals surface area contributed by atoms with Gasteiger partial charge in [-0.05, 0) is 38.5 Å². The Bertz CT molecular complexity index is 623. The summed E-state index contributed by atoms with van der Waals surface area (Å²) in [5.41, 5.74) is 2.18. The van der Waals surface area contributed by atoms with E-state index in [0.717, 1.165) is 24.3 Å². The summed E-state index contributed by atoms with van der Waals surface area (Å²) in [6.07, 6.45) is 1.62. The molecule has 110 valence electrons. The molecule has 0 bridgehead atoms. The van der Waals surface area contributed by atoms with Gasteiger partial charge in [0.2, 0.25) is 5.95 Å². The highest BCUT2D eigenvalue weighted by molar-refractivity contribution is 6.03. The van der Waals surface area contributed by atoms with Crippen LogP contribution in [0.25, 0.3) is 0 Å². The highest BCUT2D eigenvalue weighted by Crippen LogP contribution is 2.15. The van der Waals surface area contributed by atoms with E-state index in [-0.39, 0.29) is 5.91 Å². The van der Waals surface area contributed by atoms with Crippen LogP contribution in [-0.2, 0) is 0 Å². The standard InChI is InChI=1S/C16H20N4O/c1-4-20(5-2)16-17-11-10-14(19-16)15(21)18-13-9-7-6-8-12(13)3/h6-11H,4-5H2,1-3H3,(H,18,21). The topological polar surface area (TPSA) is 58.1 Å². The molecule has 0 spiro atoms. The number of hydrogen-bond donors (Lipinski definition) is 1. The van der Waals surface area contributed by atoms with Crippen LogP contribution in [0.4, 0.5) is 11.6 Å². The van der Waals surface area contributed by atoms with Crippen LogP contribution in [0.1, 0.15) is 29.9 Å². The van der Waals surface area contributed by atoms with Crippen molar-refractivity contribution in [1.82, 2.24) is 9.97 Å². The van der Waals surface area contributed by atoms with Crippen LogP contribution in [0.2, 0.25) is 0 Å². The van der Waals surface area contributed by atoms with E-state index in [9.17, 15) is 4.79 Å².